The highest BCUT2D eigenvalue weighted by Gasteiger charge is 2.30. The van der Waals surface area contributed by atoms with Crippen molar-refractivity contribution >= 4 is 6.03 Å². The summed E-state index contributed by atoms with van der Waals surface area (Å²) < 4.78 is 37.7. The number of carbonyl (C=O) groups is 1. The summed E-state index contributed by atoms with van der Waals surface area (Å²) in [5.74, 6) is 0.465. The number of alkyl halides is 3. The second-order valence-corrected chi connectivity index (χ2v) is 6.59. The van der Waals surface area contributed by atoms with Gasteiger partial charge in [0.25, 0.3) is 0 Å². The Labute approximate surface area is 140 Å². The summed E-state index contributed by atoms with van der Waals surface area (Å²) in [7, 11) is 3.81. The largest absolute Gasteiger partial charge is 0.416 e. The average molecular weight is 343 g/mol. The molecule has 0 aliphatic carbocycles. The Balaban J connectivity index is 1.88. The topological polar surface area (TPSA) is 35.6 Å². The summed E-state index contributed by atoms with van der Waals surface area (Å²) in [5, 5.41) is 2.83. The Morgan fingerprint density at radius 1 is 1.38 bits per heavy atom. The minimum absolute atomic E-state index is 0.211. The summed E-state index contributed by atoms with van der Waals surface area (Å²) in [4.78, 5) is 16.1. The zero-order chi connectivity index (χ0) is 17.9. The van der Waals surface area contributed by atoms with Gasteiger partial charge in [-0.05, 0) is 50.6 Å². The molecular weight excluding hydrogens is 319 g/mol. The van der Waals surface area contributed by atoms with Crippen molar-refractivity contribution in [1.29, 1.82) is 0 Å². The van der Waals surface area contributed by atoms with Gasteiger partial charge in [0.05, 0.1) is 11.6 Å². The molecule has 0 radical (unpaired) electrons. The monoisotopic (exact) mass is 343 g/mol. The maximum Gasteiger partial charge on any atom is 0.416 e. The second-order valence-electron chi connectivity index (χ2n) is 6.59. The van der Waals surface area contributed by atoms with Crippen LogP contribution in [-0.4, -0.2) is 49.6 Å². The fourth-order valence-corrected chi connectivity index (χ4v) is 2.99. The van der Waals surface area contributed by atoms with Gasteiger partial charge in [-0.15, -0.1) is 0 Å². The number of halogens is 3. The van der Waals surface area contributed by atoms with E-state index in [2.05, 4.69) is 17.3 Å². The lowest BCUT2D eigenvalue weighted by Gasteiger charge is -2.24. The molecule has 134 valence electrons. The van der Waals surface area contributed by atoms with Crippen LogP contribution in [0.1, 0.15) is 30.5 Å². The Morgan fingerprint density at radius 2 is 2.00 bits per heavy atom. The predicted molar refractivity (Wildman–Crippen MR) is 86.6 cm³/mol. The molecule has 0 spiro atoms. The molecule has 4 nitrogen and oxygen atoms in total. The van der Waals surface area contributed by atoms with E-state index in [-0.39, 0.29) is 12.1 Å². The SMILES string of the molecule is C[C@H](NC(=O)N(C)C[C@@H]1CCN(C)C1)c1ccc(C(F)(F)F)cc1. The second kappa shape index (κ2) is 7.42. The first-order chi connectivity index (χ1) is 11.2. The zero-order valence-corrected chi connectivity index (χ0v) is 14.2. The van der Waals surface area contributed by atoms with E-state index in [0.29, 0.717) is 18.0 Å². The number of hydrogen-bond donors (Lipinski definition) is 1. The fourth-order valence-electron chi connectivity index (χ4n) is 2.99. The lowest BCUT2D eigenvalue weighted by Crippen LogP contribution is -2.41. The molecule has 1 fully saturated rings. The van der Waals surface area contributed by atoms with Crippen molar-refractivity contribution in [3.05, 3.63) is 35.4 Å². The van der Waals surface area contributed by atoms with Gasteiger partial charge < -0.3 is 15.1 Å². The van der Waals surface area contributed by atoms with E-state index in [1.807, 2.05) is 0 Å². The highest BCUT2D eigenvalue weighted by Crippen LogP contribution is 2.29. The van der Waals surface area contributed by atoms with Gasteiger partial charge in [0.1, 0.15) is 0 Å². The summed E-state index contributed by atoms with van der Waals surface area (Å²) in [5.41, 5.74) is -0.0439. The van der Waals surface area contributed by atoms with Crippen molar-refractivity contribution < 1.29 is 18.0 Å². The number of nitrogens with one attached hydrogen (secondary N) is 1. The molecule has 24 heavy (non-hydrogen) atoms. The van der Waals surface area contributed by atoms with Crippen LogP contribution in [0.3, 0.4) is 0 Å². The molecule has 2 amide bonds. The molecule has 1 aromatic carbocycles. The van der Waals surface area contributed by atoms with Crippen LogP contribution in [0.2, 0.25) is 0 Å². The zero-order valence-electron chi connectivity index (χ0n) is 14.2. The summed E-state index contributed by atoms with van der Waals surface area (Å²) in [6.45, 7) is 4.46. The first-order valence-electron chi connectivity index (χ1n) is 8.04. The van der Waals surface area contributed by atoms with Gasteiger partial charge in [0.2, 0.25) is 0 Å². The van der Waals surface area contributed by atoms with E-state index in [0.717, 1.165) is 31.6 Å². The van der Waals surface area contributed by atoms with Crippen LogP contribution in [0.25, 0.3) is 0 Å². The van der Waals surface area contributed by atoms with E-state index in [4.69, 9.17) is 0 Å². The molecule has 0 aromatic heterocycles. The van der Waals surface area contributed by atoms with Crippen LogP contribution in [0.4, 0.5) is 18.0 Å². The normalized spacial score (nSPS) is 20.0. The van der Waals surface area contributed by atoms with Crippen molar-refractivity contribution in [3.63, 3.8) is 0 Å². The van der Waals surface area contributed by atoms with Crippen LogP contribution in [0.5, 0.6) is 0 Å². The van der Waals surface area contributed by atoms with Crippen LogP contribution in [0.15, 0.2) is 24.3 Å². The van der Waals surface area contributed by atoms with E-state index in [1.54, 1.807) is 18.9 Å². The number of nitrogens with zero attached hydrogens (tertiary/aromatic N) is 2. The first kappa shape index (κ1) is 18.6. The third-order valence-corrected chi connectivity index (χ3v) is 4.45. The number of hydrogen-bond acceptors (Lipinski definition) is 2. The van der Waals surface area contributed by atoms with E-state index in [9.17, 15) is 18.0 Å². The molecule has 1 aliphatic heterocycles. The number of carbonyl (C=O) groups excluding carboxylic acids is 1. The average Bonchev–Trinajstić information content (AvgIpc) is 2.91. The van der Waals surface area contributed by atoms with Gasteiger partial charge in [-0.1, -0.05) is 12.1 Å². The van der Waals surface area contributed by atoms with Gasteiger partial charge in [0.15, 0.2) is 0 Å². The van der Waals surface area contributed by atoms with Crippen molar-refractivity contribution in [3.8, 4) is 0 Å². The Morgan fingerprint density at radius 3 is 2.50 bits per heavy atom. The minimum atomic E-state index is -4.35. The van der Waals surface area contributed by atoms with Crippen molar-refractivity contribution in [2.45, 2.75) is 25.6 Å². The van der Waals surface area contributed by atoms with Crippen LogP contribution in [0, 0.1) is 5.92 Å². The third-order valence-electron chi connectivity index (χ3n) is 4.45. The van der Waals surface area contributed by atoms with E-state index < -0.39 is 11.7 Å². The van der Waals surface area contributed by atoms with Crippen molar-refractivity contribution in [2.75, 3.05) is 33.7 Å². The fraction of sp³-hybridized carbons (Fsp3) is 0.588. The first-order valence-corrected chi connectivity index (χ1v) is 8.04. The number of likely N-dealkylation sites (tertiary alicyclic amines) is 1. The van der Waals surface area contributed by atoms with Gasteiger partial charge in [-0.3, -0.25) is 0 Å². The standard InChI is InChI=1S/C17H24F3N3O/c1-12(14-4-6-15(7-5-14)17(18,19)20)21-16(24)23(3)11-13-8-9-22(2)10-13/h4-7,12-13H,8-11H2,1-3H3,(H,21,24)/t12-,13+/m0/s1. The molecule has 1 aliphatic rings. The van der Waals surface area contributed by atoms with Crippen molar-refractivity contribution in [2.24, 2.45) is 5.92 Å². The van der Waals surface area contributed by atoms with Crippen LogP contribution in [-0.2, 0) is 6.18 Å². The predicted octanol–water partition coefficient (Wildman–Crippen LogP) is 3.36. The summed E-state index contributed by atoms with van der Waals surface area (Å²) in [6.07, 6.45) is -3.28. The van der Waals surface area contributed by atoms with Gasteiger partial charge >= 0.3 is 12.2 Å². The third kappa shape index (κ3) is 4.87. The quantitative estimate of drug-likeness (QED) is 0.910. The summed E-state index contributed by atoms with van der Waals surface area (Å²) in [6, 6.07) is 4.32. The van der Waals surface area contributed by atoms with E-state index >= 15 is 0 Å². The molecule has 7 heteroatoms. The molecule has 1 aromatic rings. The van der Waals surface area contributed by atoms with Crippen molar-refractivity contribution in [1.82, 2.24) is 15.1 Å². The lowest BCUT2D eigenvalue weighted by atomic mass is 10.1. The van der Waals surface area contributed by atoms with Gasteiger partial charge in [0, 0.05) is 20.1 Å². The van der Waals surface area contributed by atoms with E-state index in [1.165, 1.54) is 12.1 Å². The maximum absolute atomic E-state index is 12.6. The molecule has 1 saturated heterocycles. The minimum Gasteiger partial charge on any atom is -0.331 e. The molecule has 1 N–H and O–H groups in total. The number of rotatable bonds is 4. The highest BCUT2D eigenvalue weighted by atomic mass is 19.4. The molecule has 0 saturated carbocycles. The molecule has 2 atom stereocenters. The van der Waals surface area contributed by atoms with Gasteiger partial charge in [-0.2, -0.15) is 13.2 Å². The Kier molecular flexibility index (Phi) is 5.74. The smallest absolute Gasteiger partial charge is 0.331 e. The van der Waals surface area contributed by atoms with Crippen LogP contribution >= 0.6 is 0 Å². The number of amides is 2. The Hall–Kier alpha value is -1.76. The molecular formula is C17H24F3N3O. The molecule has 0 bridgehead atoms. The molecule has 2 rings (SSSR count). The van der Waals surface area contributed by atoms with Gasteiger partial charge in [-0.25, -0.2) is 4.79 Å². The molecule has 0 unspecified atom stereocenters. The molecule has 1 heterocycles. The lowest BCUT2D eigenvalue weighted by molar-refractivity contribution is -0.137. The van der Waals surface area contributed by atoms with Crippen LogP contribution < -0.4 is 5.32 Å². The summed E-state index contributed by atoms with van der Waals surface area (Å²) >= 11 is 0. The number of urea groups is 1. The maximum atomic E-state index is 12.6. The Bertz CT molecular complexity index is 559. The number of benzene rings is 1. The highest BCUT2D eigenvalue weighted by molar-refractivity contribution is 5.74.